The third kappa shape index (κ3) is 4.85. The van der Waals surface area contributed by atoms with Crippen LogP contribution in [0.4, 0.5) is 10.1 Å². The zero-order chi connectivity index (χ0) is 20.3. The molecule has 0 aromatic heterocycles. The largest absolute Gasteiger partial charge is 0.492 e. The van der Waals surface area contributed by atoms with Gasteiger partial charge in [-0.15, -0.1) is 0 Å². The topological polar surface area (TPSA) is 84.9 Å². The number of hydrogen-bond acceptors (Lipinski definition) is 5. The van der Waals surface area contributed by atoms with Crippen LogP contribution in [0.15, 0.2) is 42.5 Å². The molecule has 1 aliphatic rings. The maximum atomic E-state index is 12.8. The maximum Gasteiger partial charge on any atom is 0.263 e. The molecule has 1 heterocycles. The molecule has 1 aliphatic heterocycles. The molecule has 0 bridgehead atoms. The molecule has 0 radical (unpaired) electrons. The molecule has 0 spiro atoms. The molecule has 0 saturated heterocycles. The van der Waals surface area contributed by atoms with Gasteiger partial charge in [0.2, 0.25) is 10.0 Å². The Morgan fingerprint density at radius 2 is 2.04 bits per heavy atom. The summed E-state index contributed by atoms with van der Waals surface area (Å²) in [5.41, 5.74) is 0.290. The second kappa shape index (κ2) is 8.24. The van der Waals surface area contributed by atoms with E-state index in [4.69, 9.17) is 21.1 Å². The van der Waals surface area contributed by atoms with Crippen LogP contribution < -0.4 is 19.1 Å². The summed E-state index contributed by atoms with van der Waals surface area (Å²) < 4.78 is 49.2. The van der Waals surface area contributed by atoms with Crippen molar-refractivity contribution >= 4 is 33.2 Å². The molecule has 0 saturated carbocycles. The van der Waals surface area contributed by atoms with Gasteiger partial charge in [0.25, 0.3) is 5.91 Å². The molecular weight excluding hydrogens is 411 g/mol. The normalized spacial score (nSPS) is 16.1. The molecular formula is C18H18ClFN2O5S. The lowest BCUT2D eigenvalue weighted by molar-refractivity contribution is -0.127. The monoisotopic (exact) mass is 428 g/mol. The van der Waals surface area contributed by atoms with Gasteiger partial charge in [-0.05, 0) is 42.5 Å². The molecule has 2 aromatic carbocycles. The van der Waals surface area contributed by atoms with Gasteiger partial charge in [0.1, 0.15) is 23.9 Å². The quantitative estimate of drug-likeness (QED) is 0.713. The van der Waals surface area contributed by atoms with Crippen molar-refractivity contribution in [3.63, 3.8) is 0 Å². The lowest BCUT2D eigenvalue weighted by Crippen LogP contribution is -2.51. The van der Waals surface area contributed by atoms with E-state index in [1.54, 1.807) is 6.07 Å². The SMILES string of the molecule is CS(=O)(=O)N1C[C@H](C(=O)NCCOc2ccc(F)cc2)Oc2ccc(Cl)cc21. The van der Waals surface area contributed by atoms with E-state index in [9.17, 15) is 17.6 Å². The van der Waals surface area contributed by atoms with Crippen LogP contribution in [0.5, 0.6) is 11.5 Å². The Balaban J connectivity index is 1.61. The number of benzene rings is 2. The number of hydrogen-bond donors (Lipinski definition) is 1. The van der Waals surface area contributed by atoms with Crippen LogP contribution >= 0.6 is 11.6 Å². The number of anilines is 1. The Morgan fingerprint density at radius 1 is 1.32 bits per heavy atom. The minimum Gasteiger partial charge on any atom is -0.492 e. The molecule has 0 aliphatic carbocycles. The average molecular weight is 429 g/mol. The van der Waals surface area contributed by atoms with Gasteiger partial charge >= 0.3 is 0 Å². The maximum absolute atomic E-state index is 12.8. The molecule has 0 fully saturated rings. The molecule has 1 atom stereocenters. The molecule has 1 N–H and O–H groups in total. The summed E-state index contributed by atoms with van der Waals surface area (Å²) >= 11 is 5.94. The van der Waals surface area contributed by atoms with Crippen molar-refractivity contribution in [3.8, 4) is 11.5 Å². The molecule has 150 valence electrons. The van der Waals surface area contributed by atoms with Gasteiger partial charge in [-0.1, -0.05) is 11.6 Å². The van der Waals surface area contributed by atoms with E-state index in [1.807, 2.05) is 0 Å². The number of amides is 1. The first kappa shape index (κ1) is 20.2. The summed E-state index contributed by atoms with van der Waals surface area (Å²) in [7, 11) is -3.63. The highest BCUT2D eigenvalue weighted by Crippen LogP contribution is 2.37. The van der Waals surface area contributed by atoms with Crippen molar-refractivity contribution in [2.45, 2.75) is 6.10 Å². The minimum atomic E-state index is -3.63. The first-order valence-electron chi connectivity index (χ1n) is 8.34. The Hall–Kier alpha value is -2.52. The zero-order valence-electron chi connectivity index (χ0n) is 14.9. The highest BCUT2D eigenvalue weighted by molar-refractivity contribution is 7.92. The van der Waals surface area contributed by atoms with Gasteiger partial charge in [-0.3, -0.25) is 9.10 Å². The van der Waals surface area contributed by atoms with Crippen molar-refractivity contribution in [1.82, 2.24) is 5.32 Å². The fourth-order valence-corrected chi connectivity index (χ4v) is 3.74. The number of carbonyl (C=O) groups is 1. The van der Waals surface area contributed by atoms with Crippen LogP contribution in [0.3, 0.4) is 0 Å². The van der Waals surface area contributed by atoms with E-state index in [0.29, 0.717) is 16.5 Å². The summed E-state index contributed by atoms with van der Waals surface area (Å²) in [4.78, 5) is 12.4. The van der Waals surface area contributed by atoms with E-state index in [0.717, 1.165) is 10.6 Å². The highest BCUT2D eigenvalue weighted by Gasteiger charge is 2.35. The Labute approximate surface area is 167 Å². The van der Waals surface area contributed by atoms with Crippen molar-refractivity contribution in [2.75, 3.05) is 30.3 Å². The molecule has 28 heavy (non-hydrogen) atoms. The number of fused-ring (bicyclic) bond motifs is 1. The lowest BCUT2D eigenvalue weighted by atomic mass is 10.2. The van der Waals surface area contributed by atoms with E-state index in [2.05, 4.69) is 5.32 Å². The van der Waals surface area contributed by atoms with Crippen molar-refractivity contribution < 1.29 is 27.1 Å². The number of rotatable bonds is 6. The molecule has 3 rings (SSSR count). The Kier molecular flexibility index (Phi) is 5.95. The molecule has 1 amide bonds. The van der Waals surface area contributed by atoms with Gasteiger partial charge in [-0.2, -0.15) is 0 Å². The molecule has 0 unspecified atom stereocenters. The first-order valence-corrected chi connectivity index (χ1v) is 10.6. The van der Waals surface area contributed by atoms with Crippen LogP contribution in [-0.4, -0.2) is 46.4 Å². The van der Waals surface area contributed by atoms with Crippen LogP contribution in [0.2, 0.25) is 5.02 Å². The molecule has 10 heteroatoms. The van der Waals surface area contributed by atoms with Gasteiger partial charge < -0.3 is 14.8 Å². The van der Waals surface area contributed by atoms with E-state index >= 15 is 0 Å². The van der Waals surface area contributed by atoms with Gasteiger partial charge in [-0.25, -0.2) is 12.8 Å². The van der Waals surface area contributed by atoms with Crippen molar-refractivity contribution in [3.05, 3.63) is 53.3 Å². The molecule has 2 aromatic rings. The van der Waals surface area contributed by atoms with Crippen molar-refractivity contribution in [2.24, 2.45) is 0 Å². The lowest BCUT2D eigenvalue weighted by Gasteiger charge is -2.34. The number of ether oxygens (including phenoxy) is 2. The number of halogens is 2. The van der Waals surface area contributed by atoms with E-state index < -0.39 is 22.0 Å². The highest BCUT2D eigenvalue weighted by atomic mass is 35.5. The number of nitrogens with zero attached hydrogens (tertiary/aromatic N) is 1. The zero-order valence-corrected chi connectivity index (χ0v) is 16.5. The summed E-state index contributed by atoms with van der Waals surface area (Å²) in [5, 5.41) is 3.00. The third-order valence-corrected chi connectivity index (χ3v) is 5.35. The predicted molar refractivity (Wildman–Crippen MR) is 103 cm³/mol. The first-order chi connectivity index (χ1) is 13.2. The van der Waals surface area contributed by atoms with Crippen LogP contribution in [0.1, 0.15) is 0 Å². The Bertz CT molecular complexity index is 968. The minimum absolute atomic E-state index is 0.159. The van der Waals surface area contributed by atoms with Crippen LogP contribution in [0, 0.1) is 5.82 Å². The average Bonchev–Trinajstić information content (AvgIpc) is 2.64. The second-order valence-corrected chi connectivity index (χ2v) is 8.45. The van der Waals surface area contributed by atoms with Crippen LogP contribution in [-0.2, 0) is 14.8 Å². The van der Waals surface area contributed by atoms with E-state index in [1.165, 1.54) is 36.4 Å². The predicted octanol–water partition coefficient (Wildman–Crippen LogP) is 2.20. The number of sulfonamides is 1. The second-order valence-electron chi connectivity index (χ2n) is 6.11. The summed E-state index contributed by atoms with van der Waals surface area (Å²) in [6.07, 6.45) is 0.0309. The van der Waals surface area contributed by atoms with Gasteiger partial charge in [0.15, 0.2) is 6.10 Å². The van der Waals surface area contributed by atoms with Crippen molar-refractivity contribution in [1.29, 1.82) is 0 Å². The fourth-order valence-electron chi connectivity index (χ4n) is 2.66. The summed E-state index contributed by atoms with van der Waals surface area (Å²) in [5.74, 6) is -0.119. The standard InChI is InChI=1S/C18H18ClFN2O5S/c1-28(24,25)22-11-17(27-16-7-2-12(19)10-15(16)22)18(23)21-8-9-26-14-5-3-13(20)4-6-14/h2-7,10,17H,8-9,11H2,1H3,(H,21,23)/t17-/m1/s1. The summed E-state index contributed by atoms with van der Waals surface area (Å²) in [6, 6.07) is 10.1. The van der Waals surface area contributed by atoms with Gasteiger partial charge in [0, 0.05) is 5.02 Å². The Morgan fingerprint density at radius 3 is 2.71 bits per heavy atom. The fraction of sp³-hybridized carbons (Fsp3) is 0.278. The van der Waals surface area contributed by atoms with E-state index in [-0.39, 0.29) is 31.3 Å². The van der Waals surface area contributed by atoms with Gasteiger partial charge in [0.05, 0.1) is 25.0 Å². The third-order valence-electron chi connectivity index (χ3n) is 3.97. The molecule has 7 nitrogen and oxygen atoms in total. The smallest absolute Gasteiger partial charge is 0.263 e. The van der Waals surface area contributed by atoms with Crippen LogP contribution in [0.25, 0.3) is 0 Å². The summed E-state index contributed by atoms with van der Waals surface area (Å²) in [6.45, 7) is 0.158. The number of carbonyl (C=O) groups excluding carboxylic acids is 1. The number of nitrogens with one attached hydrogen (secondary N) is 1.